The van der Waals surface area contributed by atoms with Gasteiger partial charge in [-0.1, -0.05) is 178 Å². The van der Waals surface area contributed by atoms with Crippen LogP contribution in [0.1, 0.15) is 25.0 Å². The average Bonchev–Trinajstić information content (AvgIpc) is 3.43. The lowest BCUT2D eigenvalue weighted by Crippen LogP contribution is -2.14. The Labute approximate surface area is 309 Å². The zero-order chi connectivity index (χ0) is 35.3. The van der Waals surface area contributed by atoms with Crippen molar-refractivity contribution >= 4 is 53.9 Å². The molecular formula is C53H36. The molecule has 10 aromatic carbocycles. The minimum atomic E-state index is -0.0561. The smallest absolute Gasteiger partial charge is 0.0159 e. The Morgan fingerprint density at radius 1 is 0.283 bits per heavy atom. The molecule has 0 unspecified atom stereocenters. The molecule has 0 bridgehead atoms. The average molecular weight is 673 g/mol. The molecule has 248 valence electrons. The summed E-state index contributed by atoms with van der Waals surface area (Å²) < 4.78 is 0. The third-order valence-electron chi connectivity index (χ3n) is 12.0. The zero-order valence-electron chi connectivity index (χ0n) is 29.8. The second-order valence-electron chi connectivity index (χ2n) is 15.2. The molecule has 0 heteroatoms. The zero-order valence-corrected chi connectivity index (χ0v) is 29.8. The molecule has 1 aliphatic carbocycles. The molecule has 0 nitrogen and oxygen atoms in total. The SMILES string of the molecule is CC1(C)c2ccc(-c3ccc(-c4c5ccccc5c(-c5cccc6ccccc56)c5ccccc45)c4ccccc34)cc2-c2cc3ccccc3cc21. The number of benzene rings is 10. The molecule has 0 aromatic heterocycles. The number of hydrogen-bond acceptors (Lipinski definition) is 0. The van der Waals surface area contributed by atoms with E-state index in [0.29, 0.717) is 0 Å². The quantitative estimate of drug-likeness (QED) is 0.164. The summed E-state index contributed by atoms with van der Waals surface area (Å²) in [6.45, 7) is 4.74. The maximum absolute atomic E-state index is 2.45. The highest BCUT2D eigenvalue weighted by Gasteiger charge is 2.36. The Morgan fingerprint density at radius 3 is 1.38 bits per heavy atom. The van der Waals surface area contributed by atoms with Crippen LogP contribution in [0, 0.1) is 0 Å². The molecule has 0 radical (unpaired) electrons. The van der Waals surface area contributed by atoms with Crippen molar-refractivity contribution in [2.75, 3.05) is 0 Å². The fourth-order valence-electron chi connectivity index (χ4n) is 9.53. The van der Waals surface area contributed by atoms with E-state index in [0.717, 1.165) is 0 Å². The van der Waals surface area contributed by atoms with E-state index < -0.39 is 0 Å². The van der Waals surface area contributed by atoms with E-state index in [1.807, 2.05) is 0 Å². The van der Waals surface area contributed by atoms with Crippen LogP contribution in [-0.2, 0) is 5.41 Å². The minimum Gasteiger partial charge on any atom is -0.0616 e. The van der Waals surface area contributed by atoms with Crippen molar-refractivity contribution in [1.29, 1.82) is 0 Å². The van der Waals surface area contributed by atoms with E-state index in [2.05, 4.69) is 196 Å². The maximum Gasteiger partial charge on any atom is 0.0159 e. The van der Waals surface area contributed by atoms with Crippen molar-refractivity contribution in [2.24, 2.45) is 0 Å². The molecule has 0 fully saturated rings. The minimum absolute atomic E-state index is 0.0561. The molecule has 0 heterocycles. The standard InChI is InChI=1S/C53H36/c1-53(2)49-29-26-36(31-47(49)48-30-34-15-3-4-16-35(34)32-50(48)53)38-27-28-46(40-20-8-7-19-39(38)40)52-44-23-11-9-21-42(44)51(43-22-10-12-24-45(43)52)41-25-13-17-33-14-5-6-18-37(33)41/h3-32H,1-2H3. The molecule has 10 aromatic rings. The lowest BCUT2D eigenvalue weighted by atomic mass is 9.81. The van der Waals surface area contributed by atoms with Gasteiger partial charge in [-0.25, -0.2) is 0 Å². The molecule has 0 N–H and O–H groups in total. The van der Waals surface area contributed by atoms with Crippen molar-refractivity contribution in [1.82, 2.24) is 0 Å². The molecule has 53 heavy (non-hydrogen) atoms. The third-order valence-corrected chi connectivity index (χ3v) is 12.0. The van der Waals surface area contributed by atoms with Crippen LogP contribution in [0.15, 0.2) is 182 Å². The van der Waals surface area contributed by atoms with Gasteiger partial charge in [0.05, 0.1) is 0 Å². The Morgan fingerprint density at radius 2 is 0.736 bits per heavy atom. The normalized spacial score (nSPS) is 13.2. The summed E-state index contributed by atoms with van der Waals surface area (Å²) in [5, 5.41) is 12.8. The first-order chi connectivity index (χ1) is 26.1. The van der Waals surface area contributed by atoms with Gasteiger partial charge in [-0.05, 0) is 128 Å². The van der Waals surface area contributed by atoms with Crippen LogP contribution in [0.5, 0.6) is 0 Å². The molecule has 0 amide bonds. The van der Waals surface area contributed by atoms with E-state index in [9.17, 15) is 0 Å². The fraction of sp³-hybridized carbons (Fsp3) is 0.0566. The highest BCUT2D eigenvalue weighted by molar-refractivity contribution is 6.25. The summed E-state index contributed by atoms with van der Waals surface area (Å²) in [5.74, 6) is 0. The summed E-state index contributed by atoms with van der Waals surface area (Å²) in [7, 11) is 0. The fourth-order valence-corrected chi connectivity index (χ4v) is 9.53. The maximum atomic E-state index is 2.45. The summed E-state index contributed by atoms with van der Waals surface area (Å²) >= 11 is 0. The molecule has 1 aliphatic rings. The van der Waals surface area contributed by atoms with Crippen molar-refractivity contribution in [3.63, 3.8) is 0 Å². The van der Waals surface area contributed by atoms with Gasteiger partial charge in [0.1, 0.15) is 0 Å². The summed E-state index contributed by atoms with van der Waals surface area (Å²) in [5.41, 5.74) is 13.1. The Hall–Kier alpha value is -6.50. The lowest BCUT2D eigenvalue weighted by molar-refractivity contribution is 0.661. The van der Waals surface area contributed by atoms with E-state index in [-0.39, 0.29) is 5.41 Å². The summed E-state index contributed by atoms with van der Waals surface area (Å²) in [6.07, 6.45) is 0. The van der Waals surface area contributed by atoms with Gasteiger partial charge < -0.3 is 0 Å². The third kappa shape index (κ3) is 4.36. The Balaban J connectivity index is 1.15. The van der Waals surface area contributed by atoms with Gasteiger partial charge >= 0.3 is 0 Å². The van der Waals surface area contributed by atoms with Crippen LogP contribution in [0.2, 0.25) is 0 Å². The van der Waals surface area contributed by atoms with Crippen molar-refractivity contribution in [2.45, 2.75) is 19.3 Å². The molecule has 0 atom stereocenters. The predicted octanol–water partition coefficient (Wildman–Crippen LogP) is 14.8. The van der Waals surface area contributed by atoms with E-state index in [4.69, 9.17) is 0 Å². The second kappa shape index (κ2) is 11.2. The highest BCUT2D eigenvalue weighted by Crippen LogP contribution is 2.52. The first-order valence-electron chi connectivity index (χ1n) is 18.7. The largest absolute Gasteiger partial charge is 0.0616 e. The van der Waals surface area contributed by atoms with Gasteiger partial charge in [0.25, 0.3) is 0 Å². The van der Waals surface area contributed by atoms with Gasteiger partial charge in [0.15, 0.2) is 0 Å². The van der Waals surface area contributed by atoms with E-state index >= 15 is 0 Å². The molecule has 0 aliphatic heterocycles. The number of fused-ring (bicyclic) bond motifs is 8. The Kier molecular flexibility index (Phi) is 6.40. The molecule has 0 spiro atoms. The summed E-state index contributed by atoms with van der Waals surface area (Å²) in [6, 6.07) is 68.0. The van der Waals surface area contributed by atoms with Gasteiger partial charge in [-0.15, -0.1) is 0 Å². The van der Waals surface area contributed by atoms with Gasteiger partial charge in [-0.3, -0.25) is 0 Å². The predicted molar refractivity (Wildman–Crippen MR) is 228 cm³/mol. The molecular weight excluding hydrogens is 637 g/mol. The van der Waals surface area contributed by atoms with Crippen LogP contribution in [-0.4, -0.2) is 0 Å². The van der Waals surface area contributed by atoms with Crippen LogP contribution < -0.4 is 0 Å². The van der Waals surface area contributed by atoms with Gasteiger partial charge in [0.2, 0.25) is 0 Å². The van der Waals surface area contributed by atoms with Crippen molar-refractivity contribution in [3.05, 3.63) is 193 Å². The summed E-state index contributed by atoms with van der Waals surface area (Å²) in [4.78, 5) is 0. The van der Waals surface area contributed by atoms with Crippen molar-refractivity contribution in [3.8, 4) is 44.5 Å². The number of rotatable bonds is 3. The topological polar surface area (TPSA) is 0 Å². The highest BCUT2D eigenvalue weighted by atomic mass is 14.4. The lowest BCUT2D eigenvalue weighted by Gasteiger charge is -2.22. The monoisotopic (exact) mass is 672 g/mol. The first kappa shape index (κ1) is 30.2. The van der Waals surface area contributed by atoms with Crippen molar-refractivity contribution < 1.29 is 0 Å². The molecule has 11 rings (SSSR count). The Bertz CT molecular complexity index is 3080. The van der Waals surface area contributed by atoms with Crippen LogP contribution in [0.4, 0.5) is 0 Å². The van der Waals surface area contributed by atoms with Gasteiger partial charge in [-0.2, -0.15) is 0 Å². The van der Waals surface area contributed by atoms with Crippen LogP contribution >= 0.6 is 0 Å². The van der Waals surface area contributed by atoms with Gasteiger partial charge in [0, 0.05) is 5.41 Å². The molecule has 0 saturated carbocycles. The number of hydrogen-bond donors (Lipinski definition) is 0. The van der Waals surface area contributed by atoms with E-state index in [1.54, 1.807) is 0 Å². The van der Waals surface area contributed by atoms with Crippen LogP contribution in [0.3, 0.4) is 0 Å². The van der Waals surface area contributed by atoms with E-state index in [1.165, 1.54) is 109 Å². The second-order valence-corrected chi connectivity index (χ2v) is 15.2. The molecule has 0 saturated heterocycles. The van der Waals surface area contributed by atoms with Crippen LogP contribution in [0.25, 0.3) is 98.4 Å². The first-order valence-corrected chi connectivity index (χ1v) is 18.7.